The van der Waals surface area contributed by atoms with Crippen molar-refractivity contribution in [3.63, 3.8) is 0 Å². The predicted octanol–water partition coefficient (Wildman–Crippen LogP) is 5.14. The molecule has 3 aromatic rings. The van der Waals surface area contributed by atoms with Gasteiger partial charge in [0.15, 0.2) is 0 Å². The van der Waals surface area contributed by atoms with E-state index in [-0.39, 0.29) is 5.91 Å². The van der Waals surface area contributed by atoms with Crippen molar-refractivity contribution in [1.29, 1.82) is 0 Å². The summed E-state index contributed by atoms with van der Waals surface area (Å²) in [6.45, 7) is 1.92. The lowest BCUT2D eigenvalue weighted by molar-refractivity contribution is 0.103. The van der Waals surface area contributed by atoms with Crippen molar-refractivity contribution in [2.45, 2.75) is 6.92 Å². The molecule has 6 heteroatoms. The third kappa shape index (κ3) is 3.49. The summed E-state index contributed by atoms with van der Waals surface area (Å²) in [5.41, 5.74) is 2.58. The normalized spacial score (nSPS) is 10.5. The molecule has 122 valence electrons. The van der Waals surface area contributed by atoms with E-state index in [0.29, 0.717) is 16.3 Å². The summed E-state index contributed by atoms with van der Waals surface area (Å²) in [5.74, 6) is 0.418. The van der Waals surface area contributed by atoms with Crippen LogP contribution in [-0.2, 0) is 0 Å². The highest BCUT2D eigenvalue weighted by Gasteiger charge is 2.16. The Morgan fingerprint density at radius 3 is 2.71 bits per heavy atom. The second kappa shape index (κ2) is 7.15. The van der Waals surface area contributed by atoms with Crippen LogP contribution in [0.15, 0.2) is 53.1 Å². The maximum atomic E-state index is 12.6. The summed E-state index contributed by atoms with van der Waals surface area (Å²) in [6, 6.07) is 13.6. The fourth-order valence-corrected chi connectivity index (χ4v) is 3.67. The molecule has 0 bridgehead atoms. The van der Waals surface area contributed by atoms with E-state index >= 15 is 0 Å². The molecule has 2 aromatic carbocycles. The quantitative estimate of drug-likeness (QED) is 0.656. The highest BCUT2D eigenvalue weighted by Crippen LogP contribution is 2.33. The fourth-order valence-electron chi connectivity index (χ4n) is 2.30. The minimum absolute atomic E-state index is 0.196. The van der Waals surface area contributed by atoms with Crippen LogP contribution in [0.2, 0.25) is 0 Å². The van der Waals surface area contributed by atoms with Crippen LogP contribution in [0.5, 0.6) is 5.75 Å². The van der Waals surface area contributed by atoms with Gasteiger partial charge >= 0.3 is 0 Å². The maximum Gasteiger partial charge on any atom is 0.267 e. The van der Waals surface area contributed by atoms with E-state index in [1.165, 1.54) is 11.3 Å². The van der Waals surface area contributed by atoms with Gasteiger partial charge in [-0.1, -0.05) is 46.3 Å². The SMILES string of the molecule is COc1cc(Br)cc(C)c1NC(=O)c1cnc(-c2ccccc2)s1. The third-order valence-corrected chi connectivity index (χ3v) is 4.98. The maximum absolute atomic E-state index is 12.6. The molecule has 0 spiro atoms. The van der Waals surface area contributed by atoms with Gasteiger partial charge in [-0.05, 0) is 24.6 Å². The Labute approximate surface area is 152 Å². The number of carbonyl (C=O) groups is 1. The lowest BCUT2D eigenvalue weighted by Crippen LogP contribution is -2.12. The number of hydrogen-bond donors (Lipinski definition) is 1. The van der Waals surface area contributed by atoms with Crippen LogP contribution >= 0.6 is 27.3 Å². The number of carbonyl (C=O) groups excluding carboxylic acids is 1. The second-order valence-corrected chi connectivity index (χ2v) is 7.10. The number of anilines is 1. The zero-order chi connectivity index (χ0) is 17.1. The number of nitrogens with one attached hydrogen (secondary N) is 1. The zero-order valence-electron chi connectivity index (χ0n) is 13.2. The standard InChI is InChI=1S/C18H15BrN2O2S/c1-11-8-13(19)9-14(23-2)16(11)21-17(22)15-10-20-18(24-15)12-6-4-3-5-7-12/h3-10H,1-2H3,(H,21,22). The smallest absolute Gasteiger partial charge is 0.267 e. The van der Waals surface area contributed by atoms with Gasteiger partial charge in [0.25, 0.3) is 5.91 Å². The average molecular weight is 403 g/mol. The van der Waals surface area contributed by atoms with E-state index in [1.807, 2.05) is 49.4 Å². The summed E-state index contributed by atoms with van der Waals surface area (Å²) in [7, 11) is 1.58. The first kappa shape index (κ1) is 16.7. The molecule has 24 heavy (non-hydrogen) atoms. The van der Waals surface area contributed by atoms with Crippen LogP contribution in [0.1, 0.15) is 15.2 Å². The Hall–Kier alpha value is -2.18. The number of thiazole rings is 1. The summed E-state index contributed by atoms with van der Waals surface area (Å²) in [6.07, 6.45) is 1.60. The van der Waals surface area contributed by atoms with Crippen molar-refractivity contribution >= 4 is 38.9 Å². The van der Waals surface area contributed by atoms with Crippen molar-refractivity contribution in [1.82, 2.24) is 4.98 Å². The van der Waals surface area contributed by atoms with Gasteiger partial charge in [-0.15, -0.1) is 11.3 Å². The topological polar surface area (TPSA) is 51.2 Å². The van der Waals surface area contributed by atoms with E-state index in [4.69, 9.17) is 4.74 Å². The molecule has 0 atom stereocenters. The second-order valence-electron chi connectivity index (χ2n) is 5.15. The van der Waals surface area contributed by atoms with Gasteiger partial charge in [0.2, 0.25) is 0 Å². The van der Waals surface area contributed by atoms with Gasteiger partial charge in [-0.2, -0.15) is 0 Å². The number of benzene rings is 2. The Morgan fingerprint density at radius 2 is 2.00 bits per heavy atom. The van der Waals surface area contributed by atoms with Crippen molar-refractivity contribution in [3.8, 4) is 16.3 Å². The van der Waals surface area contributed by atoms with Gasteiger partial charge in [0.05, 0.1) is 19.0 Å². The van der Waals surface area contributed by atoms with Crippen LogP contribution in [0.3, 0.4) is 0 Å². The number of amides is 1. The van der Waals surface area contributed by atoms with E-state index in [9.17, 15) is 4.79 Å². The average Bonchev–Trinajstić information content (AvgIpc) is 3.08. The zero-order valence-corrected chi connectivity index (χ0v) is 15.6. The number of rotatable bonds is 4. The number of hydrogen-bond acceptors (Lipinski definition) is 4. The molecule has 0 fully saturated rings. The van der Waals surface area contributed by atoms with E-state index < -0.39 is 0 Å². The van der Waals surface area contributed by atoms with Crippen LogP contribution in [0.25, 0.3) is 10.6 Å². The Kier molecular flexibility index (Phi) is 4.97. The first-order valence-electron chi connectivity index (χ1n) is 7.25. The molecule has 0 saturated carbocycles. The van der Waals surface area contributed by atoms with Gasteiger partial charge in [-0.3, -0.25) is 4.79 Å². The molecule has 1 heterocycles. The summed E-state index contributed by atoms with van der Waals surface area (Å²) >= 11 is 4.79. The molecule has 4 nitrogen and oxygen atoms in total. The van der Waals surface area contributed by atoms with Gasteiger partial charge in [-0.25, -0.2) is 4.98 Å². The molecular formula is C18H15BrN2O2S. The molecule has 3 rings (SSSR count). The lowest BCUT2D eigenvalue weighted by atomic mass is 10.2. The molecule has 0 saturated heterocycles. The predicted molar refractivity (Wildman–Crippen MR) is 101 cm³/mol. The van der Waals surface area contributed by atoms with Crippen LogP contribution in [-0.4, -0.2) is 18.0 Å². The van der Waals surface area contributed by atoms with Crippen LogP contribution in [0.4, 0.5) is 5.69 Å². The lowest BCUT2D eigenvalue weighted by Gasteiger charge is -2.13. The molecule has 0 aliphatic carbocycles. The first-order valence-corrected chi connectivity index (χ1v) is 8.86. The molecule has 0 radical (unpaired) electrons. The molecule has 0 aliphatic rings. The Morgan fingerprint density at radius 1 is 1.25 bits per heavy atom. The highest BCUT2D eigenvalue weighted by atomic mass is 79.9. The number of ether oxygens (including phenoxy) is 1. The Balaban J connectivity index is 1.85. The monoisotopic (exact) mass is 402 g/mol. The highest BCUT2D eigenvalue weighted by molar-refractivity contribution is 9.10. The summed E-state index contributed by atoms with van der Waals surface area (Å²) < 4.78 is 6.26. The van der Waals surface area contributed by atoms with Crippen LogP contribution in [0, 0.1) is 6.92 Å². The Bertz CT molecular complexity index is 878. The molecule has 0 aliphatic heterocycles. The molecule has 1 N–H and O–H groups in total. The van der Waals surface area contributed by atoms with E-state index in [2.05, 4.69) is 26.2 Å². The van der Waals surface area contributed by atoms with Crippen molar-refractivity contribution in [2.24, 2.45) is 0 Å². The fraction of sp³-hybridized carbons (Fsp3) is 0.111. The molecule has 1 amide bonds. The summed E-state index contributed by atoms with van der Waals surface area (Å²) in [5, 5.41) is 3.74. The number of methoxy groups -OCH3 is 1. The van der Waals surface area contributed by atoms with E-state index in [1.54, 1.807) is 13.3 Å². The van der Waals surface area contributed by atoms with Crippen molar-refractivity contribution < 1.29 is 9.53 Å². The van der Waals surface area contributed by atoms with E-state index in [0.717, 1.165) is 20.6 Å². The number of nitrogens with zero attached hydrogens (tertiary/aromatic N) is 1. The number of aromatic nitrogens is 1. The summed E-state index contributed by atoms with van der Waals surface area (Å²) in [4.78, 5) is 17.5. The largest absolute Gasteiger partial charge is 0.495 e. The van der Waals surface area contributed by atoms with Crippen molar-refractivity contribution in [2.75, 3.05) is 12.4 Å². The molecule has 1 aromatic heterocycles. The van der Waals surface area contributed by atoms with Crippen LogP contribution < -0.4 is 10.1 Å². The van der Waals surface area contributed by atoms with Crippen molar-refractivity contribution in [3.05, 3.63) is 63.6 Å². The molecule has 0 unspecified atom stereocenters. The number of halogens is 1. The number of aryl methyl sites for hydroxylation is 1. The minimum Gasteiger partial charge on any atom is -0.495 e. The third-order valence-electron chi connectivity index (χ3n) is 3.47. The first-order chi connectivity index (χ1) is 11.6. The van der Waals surface area contributed by atoms with Gasteiger partial charge < -0.3 is 10.1 Å². The van der Waals surface area contributed by atoms with Gasteiger partial charge in [0, 0.05) is 10.0 Å². The minimum atomic E-state index is -0.196. The van der Waals surface area contributed by atoms with Gasteiger partial charge in [0.1, 0.15) is 15.6 Å². The molecular weight excluding hydrogens is 388 g/mol.